The summed E-state index contributed by atoms with van der Waals surface area (Å²) >= 11 is 6.68. The van der Waals surface area contributed by atoms with Crippen molar-refractivity contribution in [2.45, 2.75) is 12.7 Å². The van der Waals surface area contributed by atoms with Gasteiger partial charge in [0.2, 0.25) is 0 Å². The Bertz CT molecular complexity index is 273. The predicted molar refractivity (Wildman–Crippen MR) is 65.6 cm³/mol. The predicted octanol–water partition coefficient (Wildman–Crippen LogP) is 3.31. The Balaban J connectivity index is 2.71. The summed E-state index contributed by atoms with van der Waals surface area (Å²) in [5.41, 5.74) is 3.99. The Labute approximate surface area is 88.9 Å². The molecule has 0 amide bonds. The van der Waals surface area contributed by atoms with Crippen molar-refractivity contribution in [3.63, 3.8) is 0 Å². The summed E-state index contributed by atoms with van der Waals surface area (Å²) in [6.45, 7) is 2.17. The number of benzene rings is 1. The lowest BCUT2D eigenvalue weighted by Crippen LogP contribution is -1.96. The Morgan fingerprint density at radius 1 is 1.46 bits per heavy atom. The van der Waals surface area contributed by atoms with Gasteiger partial charge >= 0.3 is 0 Å². The third-order valence-corrected chi connectivity index (χ3v) is 2.73. The summed E-state index contributed by atoms with van der Waals surface area (Å²) in [6, 6.07) is 8.25. The number of thiocarbonyl (C=S) groups is 1. The first-order valence-electron chi connectivity index (χ1n) is 4.24. The molecular formula is C10H13NS2. The summed E-state index contributed by atoms with van der Waals surface area (Å²) in [7, 11) is 0. The second-order valence-electron chi connectivity index (χ2n) is 2.56. The fourth-order valence-corrected chi connectivity index (χ4v) is 1.87. The van der Waals surface area contributed by atoms with Crippen molar-refractivity contribution in [1.29, 1.82) is 0 Å². The van der Waals surface area contributed by atoms with Crippen LogP contribution < -0.4 is 5.32 Å². The van der Waals surface area contributed by atoms with E-state index in [-0.39, 0.29) is 0 Å². The molecule has 13 heavy (non-hydrogen) atoms. The second-order valence-corrected chi connectivity index (χ2v) is 4.07. The maximum Gasteiger partial charge on any atom is 0.0659 e. The first-order valence-corrected chi connectivity index (χ1v) is 5.87. The lowest BCUT2D eigenvalue weighted by molar-refractivity contribution is 1.39. The molecule has 0 aliphatic rings. The molecule has 0 unspecified atom stereocenters. The van der Waals surface area contributed by atoms with Crippen LogP contribution in [0.2, 0.25) is 0 Å². The molecule has 1 nitrogen and oxygen atoms in total. The molecule has 1 aromatic carbocycles. The molecule has 3 heteroatoms. The minimum atomic E-state index is 1.04. The zero-order valence-electron chi connectivity index (χ0n) is 7.62. The van der Waals surface area contributed by atoms with Gasteiger partial charge < -0.3 is 5.32 Å². The largest absolute Gasteiger partial charge is 0.352 e. The maximum absolute atomic E-state index is 4.76. The van der Waals surface area contributed by atoms with Gasteiger partial charge in [0.1, 0.15) is 0 Å². The molecule has 1 rings (SSSR count). The molecule has 0 aliphatic carbocycles. The van der Waals surface area contributed by atoms with Crippen LogP contribution in [0.25, 0.3) is 0 Å². The van der Waals surface area contributed by atoms with Crippen molar-refractivity contribution in [1.82, 2.24) is 0 Å². The van der Waals surface area contributed by atoms with E-state index in [1.165, 1.54) is 5.56 Å². The third kappa shape index (κ3) is 3.36. The van der Waals surface area contributed by atoms with Gasteiger partial charge in [-0.25, -0.2) is 0 Å². The van der Waals surface area contributed by atoms with E-state index in [1.54, 1.807) is 5.49 Å². The normalized spacial score (nSPS) is 9.62. The molecule has 1 aromatic rings. The molecule has 0 bridgehead atoms. The van der Waals surface area contributed by atoms with Crippen molar-refractivity contribution in [2.75, 3.05) is 11.1 Å². The van der Waals surface area contributed by atoms with Crippen LogP contribution in [0.1, 0.15) is 12.5 Å². The minimum absolute atomic E-state index is 1.04. The van der Waals surface area contributed by atoms with Gasteiger partial charge in [0.05, 0.1) is 5.49 Å². The highest BCUT2D eigenvalue weighted by molar-refractivity contribution is 7.98. The maximum atomic E-state index is 4.76. The smallest absolute Gasteiger partial charge is 0.0659 e. The van der Waals surface area contributed by atoms with E-state index in [1.807, 2.05) is 23.9 Å². The van der Waals surface area contributed by atoms with Gasteiger partial charge in [-0.15, -0.1) is 0 Å². The highest BCUT2D eigenvalue weighted by Crippen LogP contribution is 2.19. The monoisotopic (exact) mass is 211 g/mol. The number of nitrogens with one attached hydrogen (secondary N) is 1. The topological polar surface area (TPSA) is 12.0 Å². The molecule has 0 heterocycles. The quantitative estimate of drug-likeness (QED) is 0.750. The van der Waals surface area contributed by atoms with E-state index < -0.39 is 0 Å². The van der Waals surface area contributed by atoms with Crippen LogP contribution in [0, 0.1) is 0 Å². The van der Waals surface area contributed by atoms with Crippen LogP contribution in [0.5, 0.6) is 0 Å². The van der Waals surface area contributed by atoms with E-state index in [0.717, 1.165) is 17.2 Å². The first-order chi connectivity index (χ1) is 6.38. The fourth-order valence-electron chi connectivity index (χ4n) is 1.06. The van der Waals surface area contributed by atoms with Crippen LogP contribution in [0.4, 0.5) is 5.69 Å². The zero-order chi connectivity index (χ0) is 9.52. The van der Waals surface area contributed by atoms with Crippen LogP contribution in [-0.4, -0.2) is 11.2 Å². The molecule has 0 fully saturated rings. The number of rotatable bonds is 5. The standard InChI is InChI=1S/C10H13NS2/c1-2-13-7-9-5-3-4-6-10(9)11-8-12/h3-6,8H,2,7H2,1H3,(H,11,12). The van der Waals surface area contributed by atoms with Gasteiger partial charge in [0.15, 0.2) is 0 Å². The third-order valence-electron chi connectivity index (χ3n) is 1.69. The molecule has 0 aromatic heterocycles. The highest BCUT2D eigenvalue weighted by atomic mass is 32.2. The molecule has 0 aliphatic heterocycles. The van der Waals surface area contributed by atoms with E-state index in [2.05, 4.69) is 24.4 Å². The fraction of sp³-hybridized carbons (Fsp3) is 0.300. The number of thioether (sulfide) groups is 1. The zero-order valence-corrected chi connectivity index (χ0v) is 9.25. The Hall–Kier alpha value is -0.540. The molecule has 0 spiro atoms. The van der Waals surface area contributed by atoms with Crippen molar-refractivity contribution in [2.24, 2.45) is 0 Å². The molecule has 0 saturated carbocycles. The summed E-state index contributed by atoms with van der Waals surface area (Å²) in [6.07, 6.45) is 0. The van der Waals surface area contributed by atoms with Gasteiger partial charge in [-0.05, 0) is 17.4 Å². The van der Waals surface area contributed by atoms with Gasteiger partial charge in [-0.1, -0.05) is 37.3 Å². The summed E-state index contributed by atoms with van der Waals surface area (Å²) in [5.74, 6) is 2.19. The molecule has 70 valence electrons. The second kappa shape index (κ2) is 6.00. The average molecular weight is 211 g/mol. The van der Waals surface area contributed by atoms with Gasteiger partial charge in [0.25, 0.3) is 0 Å². The van der Waals surface area contributed by atoms with Crippen LogP contribution in [0.15, 0.2) is 24.3 Å². The summed E-state index contributed by atoms with van der Waals surface area (Å²) in [4.78, 5) is 0. The average Bonchev–Trinajstić information content (AvgIpc) is 2.17. The number of anilines is 1. The highest BCUT2D eigenvalue weighted by Gasteiger charge is 1.98. The Morgan fingerprint density at radius 2 is 2.23 bits per heavy atom. The molecule has 0 saturated heterocycles. The van der Waals surface area contributed by atoms with Crippen molar-refractivity contribution in [3.8, 4) is 0 Å². The molecule has 0 atom stereocenters. The van der Waals surface area contributed by atoms with Crippen LogP contribution in [-0.2, 0) is 5.75 Å². The molecular weight excluding hydrogens is 198 g/mol. The summed E-state index contributed by atoms with van der Waals surface area (Å²) in [5, 5.41) is 3.06. The summed E-state index contributed by atoms with van der Waals surface area (Å²) < 4.78 is 0. The van der Waals surface area contributed by atoms with E-state index >= 15 is 0 Å². The Kier molecular flexibility index (Phi) is 4.86. The van der Waals surface area contributed by atoms with Crippen molar-refractivity contribution >= 4 is 35.2 Å². The van der Waals surface area contributed by atoms with Gasteiger partial charge in [0, 0.05) is 11.4 Å². The number of para-hydroxylation sites is 1. The minimum Gasteiger partial charge on any atom is -0.352 e. The van der Waals surface area contributed by atoms with Crippen LogP contribution in [0.3, 0.4) is 0 Å². The van der Waals surface area contributed by atoms with E-state index in [4.69, 9.17) is 12.2 Å². The van der Waals surface area contributed by atoms with Crippen molar-refractivity contribution in [3.05, 3.63) is 29.8 Å². The number of hydrogen-bond donors (Lipinski definition) is 1. The van der Waals surface area contributed by atoms with Crippen LogP contribution >= 0.6 is 24.0 Å². The lowest BCUT2D eigenvalue weighted by atomic mass is 10.2. The first kappa shape index (κ1) is 10.5. The molecule has 1 N–H and O–H groups in total. The lowest BCUT2D eigenvalue weighted by Gasteiger charge is -2.07. The molecule has 0 radical (unpaired) electrons. The van der Waals surface area contributed by atoms with Gasteiger partial charge in [-0.2, -0.15) is 11.8 Å². The van der Waals surface area contributed by atoms with Gasteiger partial charge in [-0.3, -0.25) is 0 Å². The Morgan fingerprint density at radius 3 is 2.92 bits per heavy atom. The SMILES string of the molecule is CCSCc1ccccc1NC=S. The number of hydrogen-bond acceptors (Lipinski definition) is 2. The van der Waals surface area contributed by atoms with E-state index in [9.17, 15) is 0 Å². The van der Waals surface area contributed by atoms with Crippen molar-refractivity contribution < 1.29 is 0 Å². The van der Waals surface area contributed by atoms with E-state index in [0.29, 0.717) is 0 Å².